The van der Waals surface area contributed by atoms with Crippen molar-refractivity contribution in [2.24, 2.45) is 0 Å². The lowest BCUT2D eigenvalue weighted by molar-refractivity contribution is -0.119. The van der Waals surface area contributed by atoms with E-state index >= 15 is 0 Å². The molecule has 0 spiro atoms. The molecule has 3 rings (SSSR count). The van der Waals surface area contributed by atoms with Crippen molar-refractivity contribution in [1.82, 2.24) is 5.32 Å². The summed E-state index contributed by atoms with van der Waals surface area (Å²) in [5, 5.41) is 6.12. The van der Waals surface area contributed by atoms with E-state index in [2.05, 4.69) is 10.6 Å². The van der Waals surface area contributed by atoms with Crippen LogP contribution in [0.3, 0.4) is 0 Å². The van der Waals surface area contributed by atoms with Crippen LogP contribution in [0.15, 0.2) is 48.5 Å². The maximum atomic E-state index is 11.7. The van der Waals surface area contributed by atoms with Gasteiger partial charge in [-0.1, -0.05) is 36.4 Å². The minimum absolute atomic E-state index is 0.0505. The molecule has 0 aromatic heterocycles. The van der Waals surface area contributed by atoms with Gasteiger partial charge in [0.15, 0.2) is 0 Å². The molecule has 0 bridgehead atoms. The molecule has 1 fully saturated rings. The third-order valence-corrected chi connectivity index (χ3v) is 3.75. The molecule has 1 aliphatic heterocycles. The van der Waals surface area contributed by atoms with Gasteiger partial charge in [-0.25, -0.2) is 0 Å². The van der Waals surface area contributed by atoms with Crippen molar-refractivity contribution in [3.05, 3.63) is 59.7 Å². The Kier molecular flexibility index (Phi) is 4.28. The van der Waals surface area contributed by atoms with Gasteiger partial charge in [-0.15, -0.1) is 0 Å². The normalized spacial score (nSPS) is 17.1. The molecule has 2 N–H and O–H groups in total. The predicted molar refractivity (Wildman–Crippen MR) is 87.0 cm³/mol. The van der Waals surface area contributed by atoms with Gasteiger partial charge in [0, 0.05) is 6.54 Å². The number of nitrogens with one attached hydrogen (secondary N) is 2. The second-order valence-electron chi connectivity index (χ2n) is 5.55. The lowest BCUT2D eigenvalue weighted by Gasteiger charge is -2.17. The molecule has 0 aliphatic carbocycles. The molecule has 22 heavy (non-hydrogen) atoms. The van der Waals surface area contributed by atoms with Crippen LogP contribution in [-0.4, -0.2) is 18.5 Å². The summed E-state index contributed by atoms with van der Waals surface area (Å²) in [4.78, 5) is 11.7. The number of aryl methyl sites for hydroxylation is 1. The SMILES string of the molecule is Cc1ccc(NC2CCNC2=O)c(OCc2ccccc2)c1. The van der Waals surface area contributed by atoms with E-state index in [-0.39, 0.29) is 11.9 Å². The van der Waals surface area contributed by atoms with Crippen molar-refractivity contribution < 1.29 is 9.53 Å². The van der Waals surface area contributed by atoms with Gasteiger partial charge < -0.3 is 15.4 Å². The van der Waals surface area contributed by atoms with Crippen LogP contribution < -0.4 is 15.4 Å². The van der Waals surface area contributed by atoms with E-state index in [0.717, 1.165) is 35.5 Å². The first-order valence-corrected chi connectivity index (χ1v) is 7.54. The number of anilines is 1. The van der Waals surface area contributed by atoms with Gasteiger partial charge in [-0.3, -0.25) is 4.79 Å². The number of carbonyl (C=O) groups excluding carboxylic acids is 1. The van der Waals surface area contributed by atoms with Gasteiger partial charge in [0.05, 0.1) is 5.69 Å². The Bertz CT molecular complexity index is 655. The third kappa shape index (κ3) is 3.39. The van der Waals surface area contributed by atoms with Crippen molar-refractivity contribution in [2.45, 2.75) is 26.0 Å². The molecule has 4 heteroatoms. The summed E-state index contributed by atoms with van der Waals surface area (Å²) in [6, 6.07) is 15.9. The molecule has 4 nitrogen and oxygen atoms in total. The minimum atomic E-state index is -0.179. The van der Waals surface area contributed by atoms with Crippen LogP contribution in [0.5, 0.6) is 5.75 Å². The molecule has 1 unspecified atom stereocenters. The fourth-order valence-electron chi connectivity index (χ4n) is 2.52. The fourth-order valence-corrected chi connectivity index (χ4v) is 2.52. The molecular weight excluding hydrogens is 276 g/mol. The maximum absolute atomic E-state index is 11.7. The molecule has 0 saturated carbocycles. The summed E-state index contributed by atoms with van der Waals surface area (Å²) in [7, 11) is 0. The number of benzene rings is 2. The summed E-state index contributed by atoms with van der Waals surface area (Å²) >= 11 is 0. The number of amides is 1. The van der Waals surface area contributed by atoms with Crippen LogP contribution in [-0.2, 0) is 11.4 Å². The van der Waals surface area contributed by atoms with E-state index in [1.54, 1.807) is 0 Å². The van der Waals surface area contributed by atoms with Crippen LogP contribution in [0, 0.1) is 6.92 Å². The number of ether oxygens (including phenoxy) is 1. The standard InChI is InChI=1S/C18H20N2O2/c1-13-7-8-15(20-16-9-10-19-18(16)21)17(11-13)22-12-14-5-3-2-4-6-14/h2-8,11,16,20H,9-10,12H2,1H3,(H,19,21). The van der Waals surface area contributed by atoms with E-state index in [9.17, 15) is 4.79 Å². The van der Waals surface area contributed by atoms with Crippen molar-refractivity contribution >= 4 is 11.6 Å². The Hall–Kier alpha value is -2.49. The minimum Gasteiger partial charge on any atom is -0.487 e. The second kappa shape index (κ2) is 6.52. The zero-order valence-corrected chi connectivity index (χ0v) is 12.6. The van der Waals surface area contributed by atoms with Crippen molar-refractivity contribution in [2.75, 3.05) is 11.9 Å². The quantitative estimate of drug-likeness (QED) is 0.892. The van der Waals surface area contributed by atoms with Crippen LogP contribution in [0.1, 0.15) is 17.5 Å². The molecule has 0 radical (unpaired) electrons. The highest BCUT2D eigenvalue weighted by molar-refractivity contribution is 5.87. The van der Waals surface area contributed by atoms with Gasteiger partial charge in [-0.05, 0) is 36.6 Å². The Labute approximate surface area is 130 Å². The smallest absolute Gasteiger partial charge is 0.242 e. The summed E-state index contributed by atoms with van der Waals surface area (Å²) in [6.45, 7) is 3.26. The number of hydrogen-bond donors (Lipinski definition) is 2. The van der Waals surface area contributed by atoms with Crippen LogP contribution in [0.4, 0.5) is 5.69 Å². The second-order valence-corrected chi connectivity index (χ2v) is 5.55. The van der Waals surface area contributed by atoms with Crippen LogP contribution >= 0.6 is 0 Å². The lowest BCUT2D eigenvalue weighted by atomic mass is 10.1. The van der Waals surface area contributed by atoms with Crippen molar-refractivity contribution in [3.63, 3.8) is 0 Å². The zero-order chi connectivity index (χ0) is 15.4. The first-order valence-electron chi connectivity index (χ1n) is 7.54. The monoisotopic (exact) mass is 296 g/mol. The van der Waals surface area contributed by atoms with E-state index in [1.165, 1.54) is 0 Å². The van der Waals surface area contributed by atoms with Gasteiger partial charge in [0.1, 0.15) is 18.4 Å². The highest BCUT2D eigenvalue weighted by Crippen LogP contribution is 2.28. The Morgan fingerprint density at radius 2 is 2.05 bits per heavy atom. The maximum Gasteiger partial charge on any atom is 0.242 e. The molecule has 114 valence electrons. The molecule has 1 atom stereocenters. The summed E-state index contributed by atoms with van der Waals surface area (Å²) in [5.41, 5.74) is 3.11. The zero-order valence-electron chi connectivity index (χ0n) is 12.6. The summed E-state index contributed by atoms with van der Waals surface area (Å²) in [6.07, 6.45) is 0.796. The van der Waals surface area contributed by atoms with E-state index in [1.807, 2.05) is 55.5 Å². The summed E-state index contributed by atoms with van der Waals surface area (Å²) in [5.74, 6) is 0.832. The van der Waals surface area contributed by atoms with Crippen LogP contribution in [0.2, 0.25) is 0 Å². The Morgan fingerprint density at radius 3 is 2.77 bits per heavy atom. The molecule has 1 aliphatic rings. The average molecular weight is 296 g/mol. The molecule has 1 amide bonds. The molecule has 1 heterocycles. The molecule has 2 aromatic carbocycles. The molecule has 1 saturated heterocycles. The van der Waals surface area contributed by atoms with Gasteiger partial charge in [-0.2, -0.15) is 0 Å². The lowest BCUT2D eigenvalue weighted by Crippen LogP contribution is -2.29. The Morgan fingerprint density at radius 1 is 1.23 bits per heavy atom. The van der Waals surface area contributed by atoms with Gasteiger partial charge >= 0.3 is 0 Å². The topological polar surface area (TPSA) is 50.4 Å². The van der Waals surface area contributed by atoms with E-state index in [4.69, 9.17) is 4.74 Å². The molecular formula is C18H20N2O2. The number of hydrogen-bond acceptors (Lipinski definition) is 3. The predicted octanol–water partition coefficient (Wildman–Crippen LogP) is 2.87. The average Bonchev–Trinajstić information content (AvgIpc) is 2.94. The number of rotatable bonds is 5. The first kappa shape index (κ1) is 14.4. The summed E-state index contributed by atoms with van der Waals surface area (Å²) < 4.78 is 5.96. The largest absolute Gasteiger partial charge is 0.487 e. The van der Waals surface area contributed by atoms with Crippen molar-refractivity contribution in [1.29, 1.82) is 0 Å². The van der Waals surface area contributed by atoms with E-state index in [0.29, 0.717) is 6.61 Å². The molecule has 2 aromatic rings. The highest BCUT2D eigenvalue weighted by Gasteiger charge is 2.24. The Balaban J connectivity index is 1.74. The van der Waals surface area contributed by atoms with Crippen LogP contribution in [0.25, 0.3) is 0 Å². The van der Waals surface area contributed by atoms with Crippen molar-refractivity contribution in [3.8, 4) is 5.75 Å². The first-order chi connectivity index (χ1) is 10.7. The fraction of sp³-hybridized carbons (Fsp3) is 0.278. The van der Waals surface area contributed by atoms with Gasteiger partial charge in [0.2, 0.25) is 5.91 Å². The van der Waals surface area contributed by atoms with Gasteiger partial charge in [0.25, 0.3) is 0 Å². The number of carbonyl (C=O) groups is 1. The third-order valence-electron chi connectivity index (χ3n) is 3.75. The van der Waals surface area contributed by atoms with E-state index < -0.39 is 0 Å². The highest BCUT2D eigenvalue weighted by atomic mass is 16.5.